The summed E-state index contributed by atoms with van der Waals surface area (Å²) < 4.78 is 5.54. The summed E-state index contributed by atoms with van der Waals surface area (Å²) in [6.07, 6.45) is 7.46. The SMILES string of the molecule is Cc1ccncc1C(O)CCC1CCCO1. The number of ether oxygens (including phenoxy) is 1. The van der Waals surface area contributed by atoms with Crippen LogP contribution in [0.4, 0.5) is 0 Å². The third-order valence-corrected chi connectivity index (χ3v) is 3.22. The molecule has 1 aliphatic heterocycles. The zero-order valence-corrected chi connectivity index (χ0v) is 9.72. The van der Waals surface area contributed by atoms with E-state index in [9.17, 15) is 5.11 Å². The minimum atomic E-state index is -0.405. The highest BCUT2D eigenvalue weighted by atomic mass is 16.5. The fourth-order valence-corrected chi connectivity index (χ4v) is 2.20. The number of aliphatic hydroxyl groups excluding tert-OH is 1. The summed E-state index contributed by atoms with van der Waals surface area (Å²) in [5.74, 6) is 0. The number of hydrogen-bond acceptors (Lipinski definition) is 3. The number of nitrogens with zero attached hydrogens (tertiary/aromatic N) is 1. The largest absolute Gasteiger partial charge is 0.388 e. The van der Waals surface area contributed by atoms with E-state index in [0.717, 1.165) is 43.4 Å². The molecule has 1 aromatic heterocycles. The van der Waals surface area contributed by atoms with Crippen molar-refractivity contribution >= 4 is 0 Å². The molecule has 0 aromatic carbocycles. The molecule has 0 amide bonds. The first-order chi connectivity index (χ1) is 7.77. The van der Waals surface area contributed by atoms with Gasteiger partial charge in [0.15, 0.2) is 0 Å². The zero-order chi connectivity index (χ0) is 11.4. The normalized spacial score (nSPS) is 22.2. The second kappa shape index (κ2) is 5.41. The van der Waals surface area contributed by atoms with Gasteiger partial charge in [-0.3, -0.25) is 4.98 Å². The van der Waals surface area contributed by atoms with E-state index >= 15 is 0 Å². The summed E-state index contributed by atoms with van der Waals surface area (Å²) >= 11 is 0. The molecule has 3 nitrogen and oxygen atoms in total. The van der Waals surface area contributed by atoms with E-state index in [1.807, 2.05) is 13.0 Å². The Labute approximate surface area is 96.5 Å². The van der Waals surface area contributed by atoms with E-state index in [0.29, 0.717) is 6.10 Å². The average Bonchev–Trinajstić information content (AvgIpc) is 2.79. The molecule has 3 heteroatoms. The van der Waals surface area contributed by atoms with Crippen molar-refractivity contribution in [3.05, 3.63) is 29.6 Å². The number of aliphatic hydroxyl groups is 1. The molecule has 2 heterocycles. The summed E-state index contributed by atoms with van der Waals surface area (Å²) in [6, 6.07) is 1.94. The minimum Gasteiger partial charge on any atom is -0.388 e. The van der Waals surface area contributed by atoms with Crippen LogP contribution in [-0.4, -0.2) is 22.8 Å². The van der Waals surface area contributed by atoms with Crippen molar-refractivity contribution in [3.8, 4) is 0 Å². The van der Waals surface area contributed by atoms with Crippen LogP contribution in [0, 0.1) is 6.92 Å². The summed E-state index contributed by atoms with van der Waals surface area (Å²) in [7, 11) is 0. The molecule has 0 radical (unpaired) electrons. The number of pyridine rings is 1. The maximum atomic E-state index is 10.1. The first-order valence-electron chi connectivity index (χ1n) is 5.97. The second-order valence-corrected chi connectivity index (χ2v) is 4.46. The predicted molar refractivity (Wildman–Crippen MR) is 62.1 cm³/mol. The van der Waals surface area contributed by atoms with Gasteiger partial charge < -0.3 is 9.84 Å². The molecular formula is C13H19NO2. The number of rotatable bonds is 4. The maximum Gasteiger partial charge on any atom is 0.0808 e. The van der Waals surface area contributed by atoms with Crippen molar-refractivity contribution in [1.82, 2.24) is 4.98 Å². The molecule has 2 unspecified atom stereocenters. The lowest BCUT2D eigenvalue weighted by Crippen LogP contribution is -2.08. The molecule has 0 bridgehead atoms. The third kappa shape index (κ3) is 2.80. The first kappa shape index (κ1) is 11.6. The van der Waals surface area contributed by atoms with Gasteiger partial charge in [-0.25, -0.2) is 0 Å². The summed E-state index contributed by atoms with van der Waals surface area (Å²) in [5, 5.41) is 10.1. The van der Waals surface area contributed by atoms with Gasteiger partial charge in [0.05, 0.1) is 12.2 Å². The maximum absolute atomic E-state index is 10.1. The van der Waals surface area contributed by atoms with Crippen molar-refractivity contribution in [3.63, 3.8) is 0 Å². The van der Waals surface area contributed by atoms with Crippen LogP contribution in [0.15, 0.2) is 18.5 Å². The van der Waals surface area contributed by atoms with Gasteiger partial charge in [-0.05, 0) is 44.2 Å². The first-order valence-corrected chi connectivity index (χ1v) is 5.97. The number of hydrogen-bond donors (Lipinski definition) is 1. The molecular weight excluding hydrogens is 202 g/mol. The third-order valence-electron chi connectivity index (χ3n) is 3.22. The van der Waals surface area contributed by atoms with Crippen molar-refractivity contribution in [2.45, 2.75) is 44.8 Å². The van der Waals surface area contributed by atoms with Gasteiger partial charge in [0.25, 0.3) is 0 Å². The molecule has 1 aromatic rings. The standard InChI is InChI=1S/C13H19NO2/c1-10-6-7-14-9-12(10)13(15)5-4-11-3-2-8-16-11/h6-7,9,11,13,15H,2-5,8H2,1H3. The van der Waals surface area contributed by atoms with Crippen LogP contribution in [0.1, 0.15) is 42.9 Å². The van der Waals surface area contributed by atoms with Gasteiger partial charge in [-0.2, -0.15) is 0 Å². The van der Waals surface area contributed by atoms with Crippen LogP contribution in [0.3, 0.4) is 0 Å². The van der Waals surface area contributed by atoms with E-state index in [4.69, 9.17) is 4.74 Å². The van der Waals surface area contributed by atoms with Crippen LogP contribution in [-0.2, 0) is 4.74 Å². The van der Waals surface area contributed by atoms with Crippen molar-refractivity contribution in [2.75, 3.05) is 6.61 Å². The van der Waals surface area contributed by atoms with Gasteiger partial charge in [0.1, 0.15) is 0 Å². The smallest absolute Gasteiger partial charge is 0.0808 e. The number of aryl methyl sites for hydroxylation is 1. The molecule has 1 fully saturated rings. The van der Waals surface area contributed by atoms with E-state index in [1.54, 1.807) is 12.4 Å². The molecule has 16 heavy (non-hydrogen) atoms. The quantitative estimate of drug-likeness (QED) is 0.848. The van der Waals surface area contributed by atoms with Crippen molar-refractivity contribution in [1.29, 1.82) is 0 Å². The van der Waals surface area contributed by atoms with Gasteiger partial charge in [-0.15, -0.1) is 0 Å². The van der Waals surface area contributed by atoms with Gasteiger partial charge in [-0.1, -0.05) is 0 Å². The van der Waals surface area contributed by atoms with Crippen molar-refractivity contribution < 1.29 is 9.84 Å². The highest BCUT2D eigenvalue weighted by Gasteiger charge is 2.18. The Morgan fingerprint density at radius 1 is 1.62 bits per heavy atom. The Hall–Kier alpha value is -0.930. The lowest BCUT2D eigenvalue weighted by Gasteiger charge is -2.15. The van der Waals surface area contributed by atoms with E-state index in [-0.39, 0.29) is 0 Å². The zero-order valence-electron chi connectivity index (χ0n) is 9.72. The Balaban J connectivity index is 1.87. The van der Waals surface area contributed by atoms with Gasteiger partial charge in [0.2, 0.25) is 0 Å². The summed E-state index contributed by atoms with van der Waals surface area (Å²) in [4.78, 5) is 4.06. The topological polar surface area (TPSA) is 42.4 Å². The van der Waals surface area contributed by atoms with Crippen LogP contribution < -0.4 is 0 Å². The molecule has 2 atom stereocenters. The highest BCUT2D eigenvalue weighted by molar-refractivity contribution is 5.23. The molecule has 1 N–H and O–H groups in total. The van der Waals surface area contributed by atoms with Crippen LogP contribution in [0.2, 0.25) is 0 Å². The Bertz CT molecular complexity index is 334. The minimum absolute atomic E-state index is 0.353. The highest BCUT2D eigenvalue weighted by Crippen LogP contribution is 2.25. The van der Waals surface area contributed by atoms with Crippen LogP contribution >= 0.6 is 0 Å². The summed E-state index contributed by atoms with van der Waals surface area (Å²) in [6.45, 7) is 2.89. The lowest BCUT2D eigenvalue weighted by atomic mass is 10.00. The average molecular weight is 221 g/mol. The van der Waals surface area contributed by atoms with E-state index in [1.165, 1.54) is 0 Å². The monoisotopic (exact) mass is 221 g/mol. The van der Waals surface area contributed by atoms with E-state index < -0.39 is 6.10 Å². The molecule has 1 aliphatic rings. The Kier molecular flexibility index (Phi) is 3.91. The molecule has 0 saturated carbocycles. The molecule has 0 spiro atoms. The molecule has 88 valence electrons. The second-order valence-electron chi connectivity index (χ2n) is 4.46. The van der Waals surface area contributed by atoms with Crippen molar-refractivity contribution in [2.24, 2.45) is 0 Å². The molecule has 0 aliphatic carbocycles. The number of aromatic nitrogens is 1. The predicted octanol–water partition coefficient (Wildman–Crippen LogP) is 2.38. The van der Waals surface area contributed by atoms with Gasteiger partial charge in [0, 0.05) is 24.6 Å². The Morgan fingerprint density at radius 2 is 2.50 bits per heavy atom. The fourth-order valence-electron chi connectivity index (χ4n) is 2.20. The summed E-state index contributed by atoms with van der Waals surface area (Å²) in [5.41, 5.74) is 2.05. The molecule has 1 saturated heterocycles. The van der Waals surface area contributed by atoms with E-state index in [2.05, 4.69) is 4.98 Å². The van der Waals surface area contributed by atoms with Crippen LogP contribution in [0.25, 0.3) is 0 Å². The fraction of sp³-hybridized carbons (Fsp3) is 0.615. The lowest BCUT2D eigenvalue weighted by molar-refractivity contribution is 0.0810. The van der Waals surface area contributed by atoms with Crippen LogP contribution in [0.5, 0.6) is 0 Å². The Morgan fingerprint density at radius 3 is 3.19 bits per heavy atom. The van der Waals surface area contributed by atoms with Gasteiger partial charge >= 0.3 is 0 Å². The molecule has 2 rings (SSSR count).